The summed E-state index contributed by atoms with van der Waals surface area (Å²) < 4.78 is 0. The fraction of sp³-hybridized carbons (Fsp3) is 0.375. The maximum absolute atomic E-state index is 12.2. The zero-order valence-electron chi connectivity index (χ0n) is 19.4. The van der Waals surface area contributed by atoms with Gasteiger partial charge < -0.3 is 0 Å². The number of hydrogen-bond donors (Lipinski definition) is 2. The minimum Gasteiger partial charge on any atom is -0.281 e. The van der Waals surface area contributed by atoms with E-state index in [9.17, 15) is 4.79 Å². The number of tetrazole rings is 1. The van der Waals surface area contributed by atoms with E-state index in [0.29, 0.717) is 18.8 Å². The van der Waals surface area contributed by atoms with Crippen LogP contribution in [0.5, 0.6) is 0 Å². The Bertz CT molecular complexity index is 1120. The van der Waals surface area contributed by atoms with Crippen molar-refractivity contribution in [3.63, 3.8) is 0 Å². The molecule has 0 radical (unpaired) electrons. The largest absolute Gasteiger partial charge is 0.281 e. The molecule has 172 valence electrons. The van der Waals surface area contributed by atoms with Crippen LogP contribution in [0.25, 0.3) is 22.5 Å². The summed E-state index contributed by atoms with van der Waals surface area (Å²) in [4.78, 5) is 16.6. The second-order valence-corrected chi connectivity index (χ2v) is 10.2. The van der Waals surface area contributed by atoms with Gasteiger partial charge in [-0.25, -0.2) is 5.43 Å². The van der Waals surface area contributed by atoms with Crippen LogP contribution in [0.2, 0.25) is 0 Å². The lowest BCUT2D eigenvalue weighted by Crippen LogP contribution is -2.42. The number of carbonyl (C=O) groups is 1. The van der Waals surface area contributed by atoms with Crippen LogP contribution in [0.15, 0.2) is 53.5 Å². The molecule has 0 spiro atoms. The van der Waals surface area contributed by atoms with Gasteiger partial charge in [0, 0.05) is 12.0 Å². The van der Waals surface area contributed by atoms with Crippen LogP contribution in [0.3, 0.4) is 0 Å². The number of aromatic amines is 1. The molecule has 1 saturated heterocycles. The molecule has 1 aliphatic rings. The average Bonchev–Trinajstić information content (AvgIpc) is 3.45. The molecule has 9 heteroatoms. The molecule has 1 fully saturated rings. The average molecular weight is 464 g/mol. The van der Waals surface area contributed by atoms with Crippen LogP contribution < -0.4 is 5.43 Å². The van der Waals surface area contributed by atoms with Gasteiger partial charge in [-0.05, 0) is 33.7 Å². The van der Waals surface area contributed by atoms with Crippen molar-refractivity contribution in [2.75, 3.05) is 0 Å². The Morgan fingerprint density at radius 3 is 2.48 bits per heavy atom. The van der Waals surface area contributed by atoms with E-state index in [0.717, 1.165) is 33.8 Å². The predicted octanol–water partition coefficient (Wildman–Crippen LogP) is 4.64. The van der Waals surface area contributed by atoms with E-state index in [4.69, 9.17) is 0 Å². The molecule has 1 atom stereocenters. The second-order valence-electron chi connectivity index (χ2n) is 9.10. The van der Waals surface area contributed by atoms with Crippen LogP contribution in [0.4, 0.5) is 0 Å². The number of aliphatic imine (C=N–C) groups is 1. The van der Waals surface area contributed by atoms with Crippen LogP contribution in [-0.4, -0.2) is 42.1 Å². The SMILES string of the molecule is CCCC(=O)N=C1SC(C(C)(C)C)NN1Cc1ccc(-c2ccccc2-c2nn[nH]n2)cc1. The Morgan fingerprint density at radius 1 is 1.12 bits per heavy atom. The number of nitrogens with one attached hydrogen (secondary N) is 2. The third-order valence-corrected chi connectivity index (χ3v) is 6.89. The smallest absolute Gasteiger partial charge is 0.248 e. The molecule has 33 heavy (non-hydrogen) atoms. The summed E-state index contributed by atoms with van der Waals surface area (Å²) in [6, 6.07) is 16.4. The summed E-state index contributed by atoms with van der Waals surface area (Å²) in [5.41, 5.74) is 7.72. The van der Waals surface area contributed by atoms with Crippen molar-refractivity contribution in [1.29, 1.82) is 0 Å². The molecule has 0 saturated carbocycles. The molecule has 2 aromatic carbocycles. The Balaban J connectivity index is 1.55. The maximum atomic E-state index is 12.2. The lowest BCUT2D eigenvalue weighted by molar-refractivity contribution is -0.117. The van der Waals surface area contributed by atoms with Gasteiger partial charge in [-0.2, -0.15) is 10.2 Å². The van der Waals surface area contributed by atoms with Crippen molar-refractivity contribution in [2.24, 2.45) is 10.4 Å². The standard InChI is InChI=1S/C24H29N7OS/c1-5-8-20(32)25-23-31(28-22(33-23)24(2,3)4)15-16-11-13-17(14-12-16)18-9-6-7-10-19(18)21-26-29-30-27-21/h6-7,9-14,22,28H,5,8,15H2,1-4H3,(H,26,27,29,30). The van der Waals surface area contributed by atoms with Crippen molar-refractivity contribution in [2.45, 2.75) is 52.5 Å². The molecule has 2 N–H and O–H groups in total. The topological polar surface area (TPSA) is 99.2 Å². The van der Waals surface area contributed by atoms with Gasteiger partial charge in [0.1, 0.15) is 0 Å². The fourth-order valence-corrected chi connectivity index (χ4v) is 4.66. The van der Waals surface area contributed by atoms with Crippen LogP contribution >= 0.6 is 11.8 Å². The lowest BCUT2D eigenvalue weighted by Gasteiger charge is -2.26. The number of hydrazine groups is 1. The summed E-state index contributed by atoms with van der Waals surface area (Å²) in [7, 11) is 0. The van der Waals surface area contributed by atoms with Gasteiger partial charge in [-0.15, -0.1) is 10.2 Å². The van der Waals surface area contributed by atoms with Crippen LogP contribution in [0, 0.1) is 5.41 Å². The molecular weight excluding hydrogens is 434 g/mol. The van der Waals surface area contributed by atoms with Gasteiger partial charge in [0.2, 0.25) is 11.7 Å². The molecule has 1 aromatic heterocycles. The number of hydrogen-bond acceptors (Lipinski definition) is 6. The highest BCUT2D eigenvalue weighted by atomic mass is 32.2. The van der Waals surface area contributed by atoms with E-state index in [1.54, 1.807) is 11.8 Å². The maximum Gasteiger partial charge on any atom is 0.248 e. The predicted molar refractivity (Wildman–Crippen MR) is 132 cm³/mol. The molecule has 0 bridgehead atoms. The number of H-pyrrole nitrogens is 1. The van der Waals surface area contributed by atoms with Gasteiger partial charge in [0.05, 0.1) is 11.9 Å². The van der Waals surface area contributed by atoms with Crippen molar-refractivity contribution >= 4 is 22.8 Å². The van der Waals surface area contributed by atoms with Gasteiger partial charge >= 0.3 is 0 Å². The minimum atomic E-state index is -0.0743. The van der Waals surface area contributed by atoms with Crippen LogP contribution in [0.1, 0.15) is 46.1 Å². The normalized spacial score (nSPS) is 17.6. The van der Waals surface area contributed by atoms with E-state index in [2.05, 4.69) is 82.1 Å². The fourth-order valence-electron chi connectivity index (χ4n) is 3.52. The Kier molecular flexibility index (Phi) is 6.90. The van der Waals surface area contributed by atoms with Crippen LogP contribution in [-0.2, 0) is 11.3 Å². The summed E-state index contributed by atoms with van der Waals surface area (Å²) in [6.07, 6.45) is 1.26. The van der Waals surface area contributed by atoms with Gasteiger partial charge in [-0.3, -0.25) is 9.80 Å². The van der Waals surface area contributed by atoms with E-state index in [-0.39, 0.29) is 16.7 Å². The Morgan fingerprint density at radius 2 is 1.85 bits per heavy atom. The molecule has 8 nitrogen and oxygen atoms in total. The molecule has 1 unspecified atom stereocenters. The first-order chi connectivity index (χ1) is 15.8. The Hall–Kier alpha value is -3.04. The number of amidine groups is 1. The zero-order valence-corrected chi connectivity index (χ0v) is 20.2. The molecular formula is C24H29N7OS. The first-order valence-corrected chi connectivity index (χ1v) is 12.0. The van der Waals surface area contributed by atoms with Crippen molar-refractivity contribution in [3.8, 4) is 22.5 Å². The highest BCUT2D eigenvalue weighted by molar-refractivity contribution is 8.14. The number of benzene rings is 2. The molecule has 0 aliphatic carbocycles. The molecule has 4 rings (SSSR count). The number of amides is 1. The van der Waals surface area contributed by atoms with Crippen molar-refractivity contribution in [3.05, 3.63) is 54.1 Å². The summed E-state index contributed by atoms with van der Waals surface area (Å²) in [5.74, 6) is 0.494. The Labute approximate surface area is 198 Å². The third kappa shape index (κ3) is 5.48. The number of nitrogens with zero attached hydrogens (tertiary/aromatic N) is 5. The van der Waals surface area contributed by atoms with E-state index < -0.39 is 0 Å². The monoisotopic (exact) mass is 463 g/mol. The molecule has 3 aromatic rings. The van der Waals surface area contributed by atoms with Crippen molar-refractivity contribution < 1.29 is 4.79 Å². The molecule has 2 heterocycles. The zero-order chi connectivity index (χ0) is 23.4. The van der Waals surface area contributed by atoms with E-state index in [1.807, 2.05) is 30.1 Å². The summed E-state index contributed by atoms with van der Waals surface area (Å²) in [6.45, 7) is 9.16. The third-order valence-electron chi connectivity index (χ3n) is 5.32. The van der Waals surface area contributed by atoms with Gasteiger partial charge in [0.25, 0.3) is 0 Å². The highest BCUT2D eigenvalue weighted by Gasteiger charge is 2.36. The number of aromatic nitrogens is 4. The lowest BCUT2D eigenvalue weighted by atomic mass is 9.97. The highest BCUT2D eigenvalue weighted by Crippen LogP contribution is 2.36. The van der Waals surface area contributed by atoms with E-state index in [1.165, 1.54) is 0 Å². The number of carbonyl (C=O) groups excluding carboxylic acids is 1. The van der Waals surface area contributed by atoms with E-state index >= 15 is 0 Å². The first-order valence-electron chi connectivity index (χ1n) is 11.1. The molecule has 1 amide bonds. The van der Waals surface area contributed by atoms with Gasteiger partial charge in [-0.1, -0.05) is 88.0 Å². The number of rotatable bonds is 6. The molecule has 1 aliphatic heterocycles. The summed E-state index contributed by atoms with van der Waals surface area (Å²) >= 11 is 1.62. The summed E-state index contributed by atoms with van der Waals surface area (Å²) in [5, 5.41) is 17.3. The van der Waals surface area contributed by atoms with Crippen molar-refractivity contribution in [1.82, 2.24) is 31.1 Å². The van der Waals surface area contributed by atoms with Gasteiger partial charge in [0.15, 0.2) is 5.17 Å². The minimum absolute atomic E-state index is 0.0245. The first kappa shape index (κ1) is 23.1. The second kappa shape index (κ2) is 9.84. The number of thioether (sulfide) groups is 1. The quantitative estimate of drug-likeness (QED) is 0.549.